The Morgan fingerprint density at radius 1 is 1.20 bits per heavy atom. The van der Waals surface area contributed by atoms with Crippen LogP contribution in [0.5, 0.6) is 0 Å². The number of carbonyl (C=O) groups is 2. The molecule has 3 N–H and O–H groups in total. The van der Waals surface area contributed by atoms with Crippen LogP contribution in [0.25, 0.3) is 0 Å². The Morgan fingerprint density at radius 3 is 2.55 bits per heavy atom. The number of fused-ring (bicyclic) bond motifs is 2. The summed E-state index contributed by atoms with van der Waals surface area (Å²) in [4.78, 5) is 24.1. The SMILES string of the molecule is CNC(=O)c1ccc(S(=O)(=O)O[C@@H]2[C@@H]3O[C@]34[C@]3(O[C@H]3C[C@H]3C5=C(CC[C@@]34C)C(=O)OC5)[C@H](O)[C@]2(O)C(C)C)cc1. The fraction of sp³-hybridized carbons (Fsp3) is 0.643. The molecule has 9 atom stereocenters. The average Bonchev–Trinajstić information content (AvgIpc) is 3.82. The molecule has 3 aliphatic carbocycles. The fourth-order valence-electron chi connectivity index (χ4n) is 8.51. The van der Waals surface area contributed by atoms with Gasteiger partial charge in [-0.1, -0.05) is 20.8 Å². The van der Waals surface area contributed by atoms with Gasteiger partial charge in [0, 0.05) is 23.6 Å². The number of aliphatic hydroxyl groups is 2. The number of hydrogen-bond acceptors (Lipinski definition) is 10. The lowest BCUT2D eigenvalue weighted by Crippen LogP contribution is -2.76. The van der Waals surface area contributed by atoms with Crippen LogP contribution in [-0.4, -0.2) is 85.4 Å². The number of cyclic esters (lactones) is 1. The number of benzene rings is 1. The first-order valence-electron chi connectivity index (χ1n) is 13.7. The fourth-order valence-corrected chi connectivity index (χ4v) is 9.61. The molecule has 6 aliphatic rings. The normalized spacial score (nSPS) is 44.6. The molecule has 0 unspecified atom stereocenters. The number of nitrogens with one attached hydrogen (secondary N) is 1. The maximum Gasteiger partial charge on any atom is 0.334 e. The van der Waals surface area contributed by atoms with Crippen LogP contribution in [0.1, 0.15) is 50.4 Å². The molecule has 1 amide bonds. The highest BCUT2D eigenvalue weighted by Crippen LogP contribution is 2.80. The Labute approximate surface area is 231 Å². The van der Waals surface area contributed by atoms with Crippen molar-refractivity contribution in [3.8, 4) is 0 Å². The summed E-state index contributed by atoms with van der Waals surface area (Å²) in [5, 5.41) is 26.5. The van der Waals surface area contributed by atoms with Crippen molar-refractivity contribution < 1.29 is 46.6 Å². The van der Waals surface area contributed by atoms with Crippen molar-refractivity contribution in [3.05, 3.63) is 41.0 Å². The summed E-state index contributed by atoms with van der Waals surface area (Å²) in [5.74, 6) is -1.41. The van der Waals surface area contributed by atoms with E-state index in [1.807, 2.05) is 6.92 Å². The molecule has 0 radical (unpaired) electrons. The summed E-state index contributed by atoms with van der Waals surface area (Å²) < 4.78 is 51.1. The number of ether oxygens (including phenoxy) is 3. The minimum atomic E-state index is -4.46. The van der Waals surface area contributed by atoms with Crippen molar-refractivity contribution in [3.63, 3.8) is 0 Å². The third-order valence-electron chi connectivity index (χ3n) is 10.7. The summed E-state index contributed by atoms with van der Waals surface area (Å²) in [6.45, 7) is 5.63. The zero-order valence-electron chi connectivity index (χ0n) is 22.7. The van der Waals surface area contributed by atoms with Gasteiger partial charge in [-0.25, -0.2) is 4.79 Å². The minimum Gasteiger partial charge on any atom is -0.458 e. The van der Waals surface area contributed by atoms with Crippen molar-refractivity contribution in [2.24, 2.45) is 17.3 Å². The standard InChI is InChI=1S/C28H33NO10S/c1-13(2)26(33)20(39-40(34,35)15-7-5-14(6-8-15)22(30)29-4)21-28(38-21)25(3)10-9-16-17(12-36-23(16)31)18(25)11-19-27(28,37-19)24(26)32/h5-8,13,18-21,24,32-33H,9-12H2,1-4H3,(H,29,30)/t18-,19-,20+,21-,24+,25-,26-,27+,28+/m0/s1. The number of amides is 1. The van der Waals surface area contributed by atoms with Gasteiger partial charge in [0.2, 0.25) is 0 Å². The van der Waals surface area contributed by atoms with Crippen LogP contribution < -0.4 is 5.32 Å². The molecule has 216 valence electrons. The minimum absolute atomic E-state index is 0.125. The van der Waals surface area contributed by atoms with Gasteiger partial charge in [-0.15, -0.1) is 0 Å². The molecule has 4 fully saturated rings. The van der Waals surface area contributed by atoms with Crippen molar-refractivity contribution in [1.29, 1.82) is 0 Å². The van der Waals surface area contributed by atoms with E-state index in [1.54, 1.807) is 13.8 Å². The molecule has 3 aliphatic heterocycles. The van der Waals surface area contributed by atoms with E-state index in [9.17, 15) is 28.2 Å². The summed E-state index contributed by atoms with van der Waals surface area (Å²) in [6, 6.07) is 5.28. The number of epoxide rings is 2. The number of rotatable bonds is 5. The zero-order valence-corrected chi connectivity index (χ0v) is 23.5. The predicted molar refractivity (Wildman–Crippen MR) is 136 cm³/mol. The molecule has 2 spiro atoms. The van der Waals surface area contributed by atoms with Crippen LogP contribution in [0.15, 0.2) is 40.3 Å². The first-order chi connectivity index (χ1) is 18.8. The van der Waals surface area contributed by atoms with Gasteiger partial charge in [0.05, 0.1) is 11.0 Å². The Balaban J connectivity index is 1.29. The second-order valence-electron chi connectivity index (χ2n) is 12.5. The van der Waals surface area contributed by atoms with E-state index in [4.69, 9.17) is 18.4 Å². The molecule has 2 saturated carbocycles. The molecule has 0 bridgehead atoms. The third-order valence-corrected chi connectivity index (χ3v) is 12.0. The van der Waals surface area contributed by atoms with E-state index in [0.717, 1.165) is 5.57 Å². The monoisotopic (exact) mass is 575 g/mol. The first kappa shape index (κ1) is 26.5. The van der Waals surface area contributed by atoms with Gasteiger partial charge in [0.25, 0.3) is 16.0 Å². The summed E-state index contributed by atoms with van der Waals surface area (Å²) in [7, 11) is -2.99. The van der Waals surface area contributed by atoms with Crippen molar-refractivity contribution in [2.75, 3.05) is 13.7 Å². The maximum atomic E-state index is 13.6. The first-order valence-corrected chi connectivity index (χ1v) is 15.1. The van der Waals surface area contributed by atoms with Gasteiger partial charge in [0.15, 0.2) is 5.60 Å². The van der Waals surface area contributed by atoms with Crippen LogP contribution >= 0.6 is 0 Å². The molecule has 3 heterocycles. The van der Waals surface area contributed by atoms with Crippen molar-refractivity contribution in [1.82, 2.24) is 5.32 Å². The van der Waals surface area contributed by atoms with E-state index >= 15 is 0 Å². The largest absolute Gasteiger partial charge is 0.458 e. The van der Waals surface area contributed by atoms with Crippen LogP contribution in [0.3, 0.4) is 0 Å². The quantitative estimate of drug-likeness (QED) is 0.260. The molecule has 0 aromatic heterocycles. The van der Waals surface area contributed by atoms with Crippen LogP contribution in [0.2, 0.25) is 0 Å². The predicted octanol–water partition coefficient (Wildman–Crippen LogP) is 0.830. The average molecular weight is 576 g/mol. The third kappa shape index (κ3) is 2.89. The molecule has 1 aromatic carbocycles. The van der Waals surface area contributed by atoms with Gasteiger partial charge in [-0.05, 0) is 60.9 Å². The van der Waals surface area contributed by atoms with Gasteiger partial charge >= 0.3 is 5.97 Å². The summed E-state index contributed by atoms with van der Waals surface area (Å²) >= 11 is 0. The number of aliphatic hydroxyl groups excluding tert-OH is 1. The van der Waals surface area contributed by atoms with E-state index in [0.29, 0.717) is 24.8 Å². The zero-order chi connectivity index (χ0) is 28.6. The van der Waals surface area contributed by atoms with Gasteiger partial charge in [-0.3, -0.25) is 8.98 Å². The molecular formula is C28H33NO10S. The lowest BCUT2D eigenvalue weighted by Gasteiger charge is -2.57. The summed E-state index contributed by atoms with van der Waals surface area (Å²) in [6.07, 6.45) is -2.69. The lowest BCUT2D eigenvalue weighted by atomic mass is 9.45. The Kier molecular flexibility index (Phi) is 5.26. The highest BCUT2D eigenvalue weighted by atomic mass is 32.2. The van der Waals surface area contributed by atoms with E-state index in [1.165, 1.54) is 31.3 Å². The molecular weight excluding hydrogens is 542 g/mol. The van der Waals surface area contributed by atoms with Crippen molar-refractivity contribution >= 4 is 22.0 Å². The van der Waals surface area contributed by atoms with Crippen LogP contribution in [0, 0.1) is 17.3 Å². The van der Waals surface area contributed by atoms with Crippen molar-refractivity contribution in [2.45, 2.75) is 86.1 Å². The van der Waals surface area contributed by atoms with E-state index in [2.05, 4.69) is 5.32 Å². The molecule has 11 nitrogen and oxygen atoms in total. The molecule has 12 heteroatoms. The van der Waals surface area contributed by atoms with Crippen LogP contribution in [-0.2, 0) is 33.3 Å². The second-order valence-corrected chi connectivity index (χ2v) is 14.1. The Bertz CT molecular complexity index is 1470. The van der Waals surface area contributed by atoms with E-state index in [-0.39, 0.29) is 34.9 Å². The topological polar surface area (TPSA) is 164 Å². The van der Waals surface area contributed by atoms with E-state index < -0.39 is 62.7 Å². The highest BCUT2D eigenvalue weighted by Gasteiger charge is 2.97. The second kappa shape index (κ2) is 7.93. The van der Waals surface area contributed by atoms with Crippen LogP contribution in [0.4, 0.5) is 0 Å². The number of hydrogen-bond donors (Lipinski definition) is 3. The smallest absolute Gasteiger partial charge is 0.334 e. The molecule has 40 heavy (non-hydrogen) atoms. The highest BCUT2D eigenvalue weighted by molar-refractivity contribution is 7.86. The van der Waals surface area contributed by atoms with Gasteiger partial charge in [0.1, 0.15) is 36.1 Å². The number of esters is 1. The van der Waals surface area contributed by atoms with Gasteiger partial charge in [-0.2, -0.15) is 8.42 Å². The Hall–Kier alpha value is -2.35. The summed E-state index contributed by atoms with van der Waals surface area (Å²) in [5.41, 5.74) is -3.09. The lowest BCUT2D eigenvalue weighted by molar-refractivity contribution is -0.216. The Morgan fingerprint density at radius 2 is 1.90 bits per heavy atom. The molecule has 2 saturated heterocycles. The number of carbonyl (C=O) groups excluding carboxylic acids is 2. The molecule has 7 rings (SSSR count). The molecule has 1 aromatic rings. The van der Waals surface area contributed by atoms with Gasteiger partial charge < -0.3 is 29.7 Å². The maximum absolute atomic E-state index is 13.6.